The lowest BCUT2D eigenvalue weighted by molar-refractivity contribution is -0.148. The number of hydrogen-bond acceptors (Lipinski definition) is 4. The van der Waals surface area contributed by atoms with Crippen LogP contribution >= 0.6 is 11.6 Å². The maximum absolute atomic E-state index is 12.2. The molecule has 0 unspecified atom stereocenters. The number of aryl methyl sites for hydroxylation is 1. The molecule has 0 radical (unpaired) electrons. The van der Waals surface area contributed by atoms with Gasteiger partial charge in [0, 0.05) is 30.1 Å². The molecule has 2 saturated carbocycles. The van der Waals surface area contributed by atoms with Gasteiger partial charge < -0.3 is 10.1 Å². The molecule has 7 heteroatoms. The fourth-order valence-electron chi connectivity index (χ4n) is 4.57. The quantitative estimate of drug-likeness (QED) is 0.741. The van der Waals surface area contributed by atoms with Crippen molar-refractivity contribution in [3.05, 3.63) is 35.4 Å². The Morgan fingerprint density at radius 2 is 2.04 bits per heavy atom. The molecule has 1 aromatic carbocycles. The van der Waals surface area contributed by atoms with Crippen LogP contribution in [0.2, 0.25) is 5.02 Å². The van der Waals surface area contributed by atoms with Gasteiger partial charge in [-0.3, -0.25) is 14.3 Å². The number of carbonyl (C=O) groups excluding carboxylic acids is 2. The van der Waals surface area contributed by atoms with Crippen molar-refractivity contribution in [2.24, 2.45) is 24.8 Å². The maximum Gasteiger partial charge on any atom is 0.306 e. The molecule has 28 heavy (non-hydrogen) atoms. The fraction of sp³-hybridized carbons (Fsp3) is 0.476. The SMILES string of the molecule is Cn1nc(-c2ccc(Cl)cc2)cc1NC(=O)COC(=O)C[C@H]1C[C@@H]2CC[C@@H]1C2. The molecule has 2 aliphatic rings. The standard InChI is InChI=1S/C21H24ClN3O3/c1-25-19(11-18(24-25)14-4-6-17(22)7-5-14)23-20(26)12-28-21(27)10-16-9-13-2-3-15(16)8-13/h4-7,11,13,15-16H,2-3,8-10,12H2,1H3,(H,23,26)/t13-,15-,16-/m1/s1. The zero-order valence-electron chi connectivity index (χ0n) is 15.9. The average Bonchev–Trinajstić information content (AvgIpc) is 3.37. The number of esters is 1. The van der Waals surface area contributed by atoms with Crippen LogP contribution in [-0.4, -0.2) is 28.3 Å². The van der Waals surface area contributed by atoms with E-state index in [0.717, 1.165) is 23.6 Å². The predicted octanol–water partition coefficient (Wildman–Crippen LogP) is 4.05. The van der Waals surface area contributed by atoms with Crippen LogP contribution < -0.4 is 5.32 Å². The minimum absolute atomic E-state index is 0.277. The number of anilines is 1. The summed E-state index contributed by atoms with van der Waals surface area (Å²) in [7, 11) is 1.75. The highest BCUT2D eigenvalue weighted by atomic mass is 35.5. The summed E-state index contributed by atoms with van der Waals surface area (Å²) in [5, 5.41) is 7.80. The van der Waals surface area contributed by atoms with E-state index in [1.165, 1.54) is 19.3 Å². The first kappa shape index (κ1) is 19.0. The fourth-order valence-corrected chi connectivity index (χ4v) is 4.70. The highest BCUT2D eigenvalue weighted by Gasteiger charge is 2.40. The lowest BCUT2D eigenvalue weighted by Gasteiger charge is -2.20. The van der Waals surface area contributed by atoms with Gasteiger partial charge >= 0.3 is 5.97 Å². The molecule has 0 spiro atoms. The van der Waals surface area contributed by atoms with Crippen molar-refractivity contribution in [1.29, 1.82) is 0 Å². The summed E-state index contributed by atoms with van der Waals surface area (Å²) in [5.74, 6) is 1.80. The number of carbonyl (C=O) groups is 2. The molecule has 1 aromatic heterocycles. The number of benzene rings is 1. The number of nitrogens with one attached hydrogen (secondary N) is 1. The molecule has 1 N–H and O–H groups in total. The van der Waals surface area contributed by atoms with E-state index in [9.17, 15) is 9.59 Å². The van der Waals surface area contributed by atoms with Gasteiger partial charge in [0.2, 0.25) is 0 Å². The molecule has 2 aliphatic carbocycles. The van der Waals surface area contributed by atoms with Crippen molar-refractivity contribution in [2.45, 2.75) is 32.1 Å². The molecule has 0 aliphatic heterocycles. The third-order valence-corrected chi connectivity index (χ3v) is 6.22. The highest BCUT2D eigenvalue weighted by Crippen LogP contribution is 2.49. The highest BCUT2D eigenvalue weighted by molar-refractivity contribution is 6.30. The average molecular weight is 402 g/mol. The molecule has 3 atom stereocenters. The van der Waals surface area contributed by atoms with Gasteiger partial charge in [0.1, 0.15) is 5.82 Å². The second kappa shape index (κ2) is 7.95. The number of nitrogens with zero attached hydrogens (tertiary/aromatic N) is 2. The first-order valence-electron chi connectivity index (χ1n) is 9.73. The molecule has 1 amide bonds. The third-order valence-electron chi connectivity index (χ3n) is 5.96. The van der Waals surface area contributed by atoms with Gasteiger partial charge in [0.25, 0.3) is 5.91 Å². The Hall–Kier alpha value is -2.34. The van der Waals surface area contributed by atoms with Crippen LogP contribution in [0.1, 0.15) is 32.1 Å². The number of ether oxygens (including phenoxy) is 1. The monoisotopic (exact) mass is 401 g/mol. The molecule has 1 heterocycles. The van der Waals surface area contributed by atoms with Crippen molar-refractivity contribution in [1.82, 2.24) is 9.78 Å². The number of fused-ring (bicyclic) bond motifs is 2. The lowest BCUT2D eigenvalue weighted by atomic mass is 9.86. The van der Waals surface area contributed by atoms with Crippen molar-refractivity contribution < 1.29 is 14.3 Å². The normalized spacial score (nSPS) is 23.0. The van der Waals surface area contributed by atoms with Crippen LogP contribution in [0.3, 0.4) is 0 Å². The Kier molecular flexibility index (Phi) is 5.40. The predicted molar refractivity (Wildman–Crippen MR) is 107 cm³/mol. The van der Waals surface area contributed by atoms with Gasteiger partial charge in [-0.1, -0.05) is 30.2 Å². The number of amides is 1. The minimum Gasteiger partial charge on any atom is -0.456 e. The largest absolute Gasteiger partial charge is 0.456 e. The molecule has 2 aromatic rings. The van der Waals surface area contributed by atoms with Crippen LogP contribution in [0.4, 0.5) is 5.82 Å². The molecular weight excluding hydrogens is 378 g/mol. The van der Waals surface area contributed by atoms with Crippen LogP contribution in [0.25, 0.3) is 11.3 Å². The third kappa shape index (κ3) is 4.22. The van der Waals surface area contributed by atoms with Crippen LogP contribution in [0.15, 0.2) is 30.3 Å². The second-order valence-corrected chi connectivity index (χ2v) is 8.33. The van der Waals surface area contributed by atoms with E-state index in [4.69, 9.17) is 16.3 Å². The van der Waals surface area contributed by atoms with E-state index in [1.807, 2.05) is 12.1 Å². The van der Waals surface area contributed by atoms with Gasteiger partial charge in [0.15, 0.2) is 6.61 Å². The first-order chi connectivity index (χ1) is 13.5. The Balaban J connectivity index is 1.28. The minimum atomic E-state index is -0.369. The maximum atomic E-state index is 12.2. The van der Waals surface area contributed by atoms with E-state index in [0.29, 0.717) is 29.1 Å². The Morgan fingerprint density at radius 1 is 1.25 bits per heavy atom. The molecule has 4 rings (SSSR count). The number of halogens is 1. The van der Waals surface area contributed by atoms with Crippen molar-refractivity contribution in [2.75, 3.05) is 11.9 Å². The van der Waals surface area contributed by atoms with E-state index < -0.39 is 0 Å². The van der Waals surface area contributed by atoms with Gasteiger partial charge in [-0.25, -0.2) is 0 Å². The van der Waals surface area contributed by atoms with E-state index in [2.05, 4.69) is 10.4 Å². The van der Waals surface area contributed by atoms with Gasteiger partial charge in [-0.15, -0.1) is 0 Å². The summed E-state index contributed by atoms with van der Waals surface area (Å²) in [4.78, 5) is 24.3. The second-order valence-electron chi connectivity index (χ2n) is 7.89. The number of hydrogen-bond donors (Lipinski definition) is 1. The summed E-state index contributed by atoms with van der Waals surface area (Å²) in [5.41, 5.74) is 1.63. The summed E-state index contributed by atoms with van der Waals surface area (Å²) in [6, 6.07) is 9.10. The molecule has 6 nitrogen and oxygen atoms in total. The van der Waals surface area contributed by atoms with E-state index >= 15 is 0 Å². The smallest absolute Gasteiger partial charge is 0.306 e. The van der Waals surface area contributed by atoms with Crippen molar-refractivity contribution >= 4 is 29.3 Å². The topological polar surface area (TPSA) is 73.2 Å². The molecule has 0 saturated heterocycles. The van der Waals surface area contributed by atoms with Crippen LogP contribution in [0, 0.1) is 17.8 Å². The first-order valence-corrected chi connectivity index (χ1v) is 10.1. The molecule has 2 bridgehead atoms. The Labute approximate surface area is 169 Å². The number of aromatic nitrogens is 2. The van der Waals surface area contributed by atoms with Crippen molar-refractivity contribution in [3.63, 3.8) is 0 Å². The van der Waals surface area contributed by atoms with E-state index in [1.54, 1.807) is 29.9 Å². The molecular formula is C21H24ClN3O3. The van der Waals surface area contributed by atoms with E-state index in [-0.39, 0.29) is 18.5 Å². The summed E-state index contributed by atoms with van der Waals surface area (Å²) >= 11 is 5.91. The summed E-state index contributed by atoms with van der Waals surface area (Å²) in [6.07, 6.45) is 5.37. The zero-order chi connectivity index (χ0) is 19.7. The molecule has 148 valence electrons. The number of rotatable bonds is 6. The van der Waals surface area contributed by atoms with Crippen LogP contribution in [-0.2, 0) is 21.4 Å². The van der Waals surface area contributed by atoms with Gasteiger partial charge in [-0.2, -0.15) is 5.10 Å². The Bertz CT molecular complexity index is 878. The lowest BCUT2D eigenvalue weighted by Crippen LogP contribution is -2.24. The Morgan fingerprint density at radius 3 is 2.71 bits per heavy atom. The van der Waals surface area contributed by atoms with Gasteiger partial charge in [-0.05, 0) is 49.1 Å². The van der Waals surface area contributed by atoms with Crippen LogP contribution in [0.5, 0.6) is 0 Å². The zero-order valence-corrected chi connectivity index (χ0v) is 16.6. The summed E-state index contributed by atoms with van der Waals surface area (Å²) in [6.45, 7) is -0.277. The summed E-state index contributed by atoms with van der Waals surface area (Å²) < 4.78 is 6.78. The molecule has 2 fully saturated rings. The van der Waals surface area contributed by atoms with Crippen molar-refractivity contribution in [3.8, 4) is 11.3 Å². The van der Waals surface area contributed by atoms with Gasteiger partial charge in [0.05, 0.1) is 5.69 Å².